The average molecular weight is 211 g/mol. The van der Waals surface area contributed by atoms with E-state index in [0.717, 1.165) is 6.42 Å². The molecule has 0 saturated carbocycles. The number of rotatable bonds is 3. The predicted octanol–water partition coefficient (Wildman–Crippen LogP) is 2.39. The maximum absolute atomic E-state index is 8.86. The Kier molecular flexibility index (Phi) is 4.27. The fourth-order valence-electron chi connectivity index (χ4n) is 0.530. The maximum Gasteiger partial charge on any atom is 0.314 e. The van der Waals surface area contributed by atoms with Gasteiger partial charge in [0.05, 0.1) is 4.83 Å². The first-order valence-corrected chi connectivity index (χ1v) is 3.96. The Hall–Kier alpha value is -0.380. The summed E-state index contributed by atoms with van der Waals surface area (Å²) >= 11 is 3.08. The van der Waals surface area contributed by atoms with Gasteiger partial charge in [0.2, 0.25) is 0 Å². The highest BCUT2D eigenvalue weighted by Gasteiger charge is 2.12. The van der Waals surface area contributed by atoms with Crippen molar-refractivity contribution in [2.24, 2.45) is 0 Å². The smallest absolute Gasteiger partial charge is 0.314 e. The van der Waals surface area contributed by atoms with E-state index in [1.165, 1.54) is 0 Å². The summed E-state index contributed by atoms with van der Waals surface area (Å²) in [6.45, 7) is 1.94. The van der Waals surface area contributed by atoms with E-state index in [4.69, 9.17) is 15.3 Å². The van der Waals surface area contributed by atoms with Gasteiger partial charge in [0, 0.05) is 0 Å². The summed E-state index contributed by atoms with van der Waals surface area (Å²) in [4.78, 5) is -0.345. The summed E-state index contributed by atoms with van der Waals surface area (Å²) in [5, 5.41) is 25.6. The Morgan fingerprint density at radius 1 is 1.40 bits per heavy atom. The third-order valence-electron chi connectivity index (χ3n) is 1.07. The van der Waals surface area contributed by atoms with E-state index in [2.05, 4.69) is 15.9 Å². The molecule has 0 radical (unpaired) electrons. The van der Waals surface area contributed by atoms with Crippen LogP contribution in [0.15, 0.2) is 11.7 Å². The minimum absolute atomic E-state index is 0.345. The maximum atomic E-state index is 8.86. The Balaban J connectivity index is 3.94. The molecular formula is C6H11BrO3. The highest BCUT2D eigenvalue weighted by Crippen LogP contribution is 2.16. The molecular weight excluding hydrogens is 200 g/mol. The Morgan fingerprint density at radius 3 is 2.20 bits per heavy atom. The van der Waals surface area contributed by atoms with E-state index in [-0.39, 0.29) is 4.83 Å². The van der Waals surface area contributed by atoms with Crippen molar-refractivity contribution in [1.82, 2.24) is 0 Å². The molecule has 0 heterocycles. The molecule has 1 unspecified atom stereocenters. The minimum Gasteiger partial charge on any atom is -0.505 e. The molecule has 10 heavy (non-hydrogen) atoms. The predicted molar refractivity (Wildman–Crippen MR) is 42.5 cm³/mol. The van der Waals surface area contributed by atoms with Crippen molar-refractivity contribution in [3.05, 3.63) is 11.7 Å². The summed E-state index contributed by atoms with van der Waals surface area (Å²) in [6.07, 6.45) is 1.55. The molecule has 60 valence electrons. The normalized spacial score (nSPS) is 12.6. The summed E-state index contributed by atoms with van der Waals surface area (Å²) in [7, 11) is 0. The molecule has 0 aliphatic rings. The van der Waals surface area contributed by atoms with Crippen molar-refractivity contribution < 1.29 is 15.3 Å². The number of hydrogen-bond acceptors (Lipinski definition) is 3. The van der Waals surface area contributed by atoms with Crippen LogP contribution in [0, 0.1) is 0 Å². The first kappa shape index (κ1) is 9.62. The van der Waals surface area contributed by atoms with Gasteiger partial charge < -0.3 is 15.3 Å². The average Bonchev–Trinajstić information content (AvgIpc) is 1.87. The molecule has 3 N–H and O–H groups in total. The molecule has 0 fully saturated rings. The number of halogens is 1. The third kappa shape index (κ3) is 2.96. The van der Waals surface area contributed by atoms with Crippen LogP contribution in [0.2, 0.25) is 0 Å². The lowest BCUT2D eigenvalue weighted by molar-refractivity contribution is 0.155. The SMILES string of the molecule is CCCC(Br)C(O)=C(O)O. The Morgan fingerprint density at radius 2 is 1.90 bits per heavy atom. The van der Waals surface area contributed by atoms with Crippen LogP contribution < -0.4 is 0 Å². The molecule has 0 saturated heterocycles. The van der Waals surface area contributed by atoms with Gasteiger partial charge in [-0.15, -0.1) is 0 Å². The summed E-state index contributed by atoms with van der Waals surface area (Å²) in [5.74, 6) is -1.41. The van der Waals surface area contributed by atoms with E-state index in [9.17, 15) is 0 Å². The van der Waals surface area contributed by atoms with Crippen LogP contribution in [0.3, 0.4) is 0 Å². The number of alkyl halides is 1. The Labute approximate surface area is 68.1 Å². The van der Waals surface area contributed by atoms with Crippen molar-refractivity contribution in [2.75, 3.05) is 0 Å². The number of aliphatic hydroxyl groups is 3. The molecule has 0 bridgehead atoms. The van der Waals surface area contributed by atoms with E-state index < -0.39 is 11.7 Å². The highest BCUT2D eigenvalue weighted by atomic mass is 79.9. The minimum atomic E-state index is -1.00. The molecule has 0 aromatic carbocycles. The molecule has 0 rings (SSSR count). The Bertz CT molecular complexity index is 129. The van der Waals surface area contributed by atoms with Crippen LogP contribution in [-0.4, -0.2) is 20.1 Å². The first-order valence-electron chi connectivity index (χ1n) is 3.04. The fourth-order valence-corrected chi connectivity index (χ4v) is 1.19. The molecule has 0 spiro atoms. The molecule has 4 heteroatoms. The van der Waals surface area contributed by atoms with Crippen molar-refractivity contribution in [3.63, 3.8) is 0 Å². The number of allylic oxidation sites excluding steroid dienone is 1. The van der Waals surface area contributed by atoms with Gasteiger partial charge in [0.15, 0.2) is 5.76 Å². The fraction of sp³-hybridized carbons (Fsp3) is 0.667. The van der Waals surface area contributed by atoms with Gasteiger partial charge in [-0.1, -0.05) is 29.3 Å². The lowest BCUT2D eigenvalue weighted by Crippen LogP contribution is -2.04. The van der Waals surface area contributed by atoms with Crippen molar-refractivity contribution in [1.29, 1.82) is 0 Å². The lowest BCUT2D eigenvalue weighted by Gasteiger charge is -2.05. The van der Waals surface area contributed by atoms with Crippen molar-refractivity contribution >= 4 is 15.9 Å². The second-order valence-corrected chi connectivity index (χ2v) is 3.07. The van der Waals surface area contributed by atoms with E-state index in [1.54, 1.807) is 0 Å². The van der Waals surface area contributed by atoms with Crippen LogP contribution in [0.25, 0.3) is 0 Å². The molecule has 0 aliphatic carbocycles. The van der Waals surface area contributed by atoms with Crippen LogP contribution in [-0.2, 0) is 0 Å². The van der Waals surface area contributed by atoms with Gasteiger partial charge in [-0.05, 0) is 6.42 Å². The molecule has 0 aromatic heterocycles. The second-order valence-electron chi connectivity index (χ2n) is 1.97. The van der Waals surface area contributed by atoms with Crippen molar-refractivity contribution in [3.8, 4) is 0 Å². The molecule has 0 aromatic rings. The number of hydrogen-bond donors (Lipinski definition) is 3. The van der Waals surface area contributed by atoms with Gasteiger partial charge in [-0.25, -0.2) is 0 Å². The molecule has 3 nitrogen and oxygen atoms in total. The van der Waals surface area contributed by atoms with Crippen molar-refractivity contribution in [2.45, 2.75) is 24.6 Å². The largest absolute Gasteiger partial charge is 0.505 e. The molecule has 0 aliphatic heterocycles. The third-order valence-corrected chi connectivity index (χ3v) is 1.96. The zero-order chi connectivity index (χ0) is 8.15. The van der Waals surface area contributed by atoms with E-state index in [1.807, 2.05) is 6.92 Å². The zero-order valence-electron chi connectivity index (χ0n) is 5.71. The van der Waals surface area contributed by atoms with Gasteiger partial charge in [0.25, 0.3) is 0 Å². The van der Waals surface area contributed by atoms with Crippen LogP contribution in [0.5, 0.6) is 0 Å². The molecule has 0 amide bonds. The van der Waals surface area contributed by atoms with Gasteiger partial charge in [0.1, 0.15) is 0 Å². The monoisotopic (exact) mass is 210 g/mol. The summed E-state index contributed by atoms with van der Waals surface area (Å²) in [6, 6.07) is 0. The van der Waals surface area contributed by atoms with Gasteiger partial charge in [-0.3, -0.25) is 0 Å². The number of aliphatic hydroxyl groups excluding tert-OH is 2. The van der Waals surface area contributed by atoms with Crippen LogP contribution in [0.4, 0.5) is 0 Å². The highest BCUT2D eigenvalue weighted by molar-refractivity contribution is 9.09. The van der Waals surface area contributed by atoms with E-state index >= 15 is 0 Å². The first-order chi connectivity index (χ1) is 4.59. The van der Waals surface area contributed by atoms with Crippen LogP contribution in [0.1, 0.15) is 19.8 Å². The lowest BCUT2D eigenvalue weighted by atomic mass is 10.2. The second kappa shape index (κ2) is 4.44. The quantitative estimate of drug-likeness (QED) is 0.496. The summed E-state index contributed by atoms with van der Waals surface area (Å²) < 4.78 is 0. The van der Waals surface area contributed by atoms with Crippen LogP contribution >= 0.6 is 15.9 Å². The van der Waals surface area contributed by atoms with Gasteiger partial charge in [-0.2, -0.15) is 0 Å². The summed E-state index contributed by atoms with van der Waals surface area (Å²) in [5.41, 5.74) is 0. The topological polar surface area (TPSA) is 60.7 Å². The zero-order valence-corrected chi connectivity index (χ0v) is 7.30. The molecule has 1 atom stereocenters. The standard InChI is InChI=1S/C6H11BrO3/c1-2-3-4(7)5(8)6(9)10/h4,8-10H,2-3H2,1H3. The van der Waals surface area contributed by atoms with Gasteiger partial charge >= 0.3 is 5.95 Å². The van der Waals surface area contributed by atoms with E-state index in [0.29, 0.717) is 6.42 Å².